The van der Waals surface area contributed by atoms with Gasteiger partial charge in [-0.3, -0.25) is 0 Å². The molecular formula is C24H26F3N5S. The smallest absolute Gasteiger partial charge is 0.351 e. The lowest BCUT2D eigenvalue weighted by atomic mass is 10.1. The second-order valence-electron chi connectivity index (χ2n) is 8.69. The zero-order valence-corrected chi connectivity index (χ0v) is 19.1. The Bertz CT molecular complexity index is 1100. The van der Waals surface area contributed by atoms with E-state index in [0.717, 1.165) is 54.8 Å². The van der Waals surface area contributed by atoms with Gasteiger partial charge in [-0.05, 0) is 50.3 Å². The molecule has 1 N–H and O–H groups in total. The van der Waals surface area contributed by atoms with Gasteiger partial charge in [0.05, 0.1) is 21.8 Å². The van der Waals surface area contributed by atoms with Crippen molar-refractivity contribution in [3.8, 4) is 21.8 Å². The van der Waals surface area contributed by atoms with Gasteiger partial charge in [-0.15, -0.1) is 0 Å². The fourth-order valence-corrected chi connectivity index (χ4v) is 5.66. The van der Waals surface area contributed by atoms with E-state index in [1.54, 1.807) is 12.3 Å². The maximum absolute atomic E-state index is 13.4. The highest BCUT2D eigenvalue weighted by atomic mass is 32.1. The Balaban J connectivity index is 1.55. The summed E-state index contributed by atoms with van der Waals surface area (Å²) in [6.07, 6.45) is 5.28. The Kier molecular flexibility index (Phi) is 6.23. The molecule has 0 radical (unpaired) electrons. The monoisotopic (exact) mass is 473 g/mol. The number of aromatic nitrogens is 3. The van der Waals surface area contributed by atoms with Crippen LogP contribution in [0.4, 0.5) is 24.3 Å². The molecule has 2 fully saturated rings. The van der Waals surface area contributed by atoms with Crippen molar-refractivity contribution in [3.63, 3.8) is 0 Å². The zero-order valence-electron chi connectivity index (χ0n) is 18.2. The van der Waals surface area contributed by atoms with Crippen molar-refractivity contribution < 1.29 is 13.2 Å². The Morgan fingerprint density at radius 3 is 2.52 bits per heavy atom. The standard InChI is InChI=1S/C24H26F3N5S/c25-24(26,27)17-8-6-7-16(15-17)20-21(33-23(31-20)32-13-4-1-5-14-32)19-11-12-28-22(30-19)29-18-9-2-3-10-18/h6-8,11-12,15,18H,1-5,9-10,13-14H2,(H,28,29,30). The number of rotatable bonds is 5. The first-order chi connectivity index (χ1) is 16.0. The van der Waals surface area contributed by atoms with Crippen LogP contribution < -0.4 is 10.2 Å². The minimum absolute atomic E-state index is 0.369. The highest BCUT2D eigenvalue weighted by molar-refractivity contribution is 7.19. The van der Waals surface area contributed by atoms with Gasteiger partial charge in [0.25, 0.3) is 0 Å². The molecule has 5 rings (SSSR count). The van der Waals surface area contributed by atoms with Gasteiger partial charge in [0.2, 0.25) is 5.95 Å². The molecule has 2 aromatic heterocycles. The average molecular weight is 474 g/mol. The van der Waals surface area contributed by atoms with Crippen molar-refractivity contribution in [3.05, 3.63) is 42.1 Å². The van der Waals surface area contributed by atoms with E-state index in [-0.39, 0.29) is 0 Å². The summed E-state index contributed by atoms with van der Waals surface area (Å²) in [5.74, 6) is 0.558. The molecule has 3 heterocycles. The number of hydrogen-bond donors (Lipinski definition) is 1. The number of alkyl halides is 3. The molecule has 33 heavy (non-hydrogen) atoms. The molecule has 1 aromatic carbocycles. The van der Waals surface area contributed by atoms with Crippen molar-refractivity contribution in [2.75, 3.05) is 23.3 Å². The molecule has 2 aliphatic rings. The minimum Gasteiger partial charge on any atom is -0.351 e. The van der Waals surface area contributed by atoms with E-state index in [9.17, 15) is 13.2 Å². The predicted octanol–water partition coefficient (Wildman–Crippen LogP) is 6.63. The van der Waals surface area contributed by atoms with Crippen LogP contribution >= 0.6 is 11.3 Å². The van der Waals surface area contributed by atoms with E-state index in [4.69, 9.17) is 9.97 Å². The summed E-state index contributed by atoms with van der Waals surface area (Å²) in [7, 11) is 0. The normalized spacial score (nSPS) is 17.5. The van der Waals surface area contributed by atoms with Crippen LogP contribution in [-0.2, 0) is 6.18 Å². The van der Waals surface area contributed by atoms with Crippen LogP contribution in [0, 0.1) is 0 Å². The summed E-state index contributed by atoms with van der Waals surface area (Å²) in [5, 5.41) is 4.25. The first-order valence-corrected chi connectivity index (χ1v) is 12.3. The van der Waals surface area contributed by atoms with Crippen LogP contribution in [0.3, 0.4) is 0 Å². The highest BCUT2D eigenvalue weighted by Gasteiger charge is 2.31. The Labute approximate surface area is 195 Å². The number of nitrogens with zero attached hydrogens (tertiary/aromatic N) is 4. The highest BCUT2D eigenvalue weighted by Crippen LogP contribution is 2.42. The van der Waals surface area contributed by atoms with Gasteiger partial charge < -0.3 is 10.2 Å². The van der Waals surface area contributed by atoms with Crippen LogP contribution in [0.1, 0.15) is 50.5 Å². The number of benzene rings is 1. The van der Waals surface area contributed by atoms with Crippen molar-refractivity contribution in [1.29, 1.82) is 0 Å². The molecule has 1 aliphatic heterocycles. The Hall–Kier alpha value is -2.68. The maximum Gasteiger partial charge on any atom is 0.416 e. The molecule has 0 spiro atoms. The average Bonchev–Trinajstić information content (AvgIpc) is 3.50. The second kappa shape index (κ2) is 9.29. The van der Waals surface area contributed by atoms with E-state index in [1.165, 1.54) is 42.7 Å². The van der Waals surface area contributed by atoms with Crippen molar-refractivity contribution in [2.24, 2.45) is 0 Å². The first kappa shape index (κ1) is 22.1. The topological polar surface area (TPSA) is 53.9 Å². The minimum atomic E-state index is -4.41. The molecular weight excluding hydrogens is 447 g/mol. The summed E-state index contributed by atoms with van der Waals surface area (Å²) in [5.41, 5.74) is 0.990. The number of nitrogens with one attached hydrogen (secondary N) is 1. The zero-order chi connectivity index (χ0) is 22.8. The third kappa shape index (κ3) is 4.98. The van der Waals surface area contributed by atoms with E-state index in [1.807, 2.05) is 6.07 Å². The van der Waals surface area contributed by atoms with Gasteiger partial charge in [-0.25, -0.2) is 15.0 Å². The summed E-state index contributed by atoms with van der Waals surface area (Å²) in [6.45, 7) is 1.82. The summed E-state index contributed by atoms with van der Waals surface area (Å²) in [4.78, 5) is 16.9. The summed E-state index contributed by atoms with van der Waals surface area (Å²) >= 11 is 1.49. The molecule has 1 saturated carbocycles. The van der Waals surface area contributed by atoms with Crippen molar-refractivity contribution in [2.45, 2.75) is 57.2 Å². The third-order valence-electron chi connectivity index (χ3n) is 6.28. The molecule has 0 bridgehead atoms. The number of halogens is 3. The fraction of sp³-hybridized carbons (Fsp3) is 0.458. The van der Waals surface area contributed by atoms with Crippen LogP contribution in [0.25, 0.3) is 21.8 Å². The molecule has 1 saturated heterocycles. The van der Waals surface area contributed by atoms with Gasteiger partial charge in [-0.1, -0.05) is 36.3 Å². The van der Waals surface area contributed by atoms with Gasteiger partial charge in [-0.2, -0.15) is 13.2 Å². The number of anilines is 2. The van der Waals surface area contributed by atoms with E-state index in [0.29, 0.717) is 28.9 Å². The SMILES string of the molecule is FC(F)(F)c1cccc(-c2nc(N3CCCCC3)sc2-c2ccnc(NC3CCCC3)n2)c1. The molecule has 174 valence electrons. The fourth-order valence-electron chi connectivity index (χ4n) is 4.55. The first-order valence-electron chi connectivity index (χ1n) is 11.5. The quantitative estimate of drug-likeness (QED) is 0.451. The second-order valence-corrected chi connectivity index (χ2v) is 9.67. The largest absolute Gasteiger partial charge is 0.416 e. The molecule has 3 aromatic rings. The van der Waals surface area contributed by atoms with Gasteiger partial charge in [0.15, 0.2) is 5.13 Å². The Morgan fingerprint density at radius 1 is 0.970 bits per heavy atom. The maximum atomic E-state index is 13.4. The summed E-state index contributed by atoms with van der Waals surface area (Å²) in [6, 6.07) is 7.58. The number of hydrogen-bond acceptors (Lipinski definition) is 6. The van der Waals surface area contributed by atoms with Crippen molar-refractivity contribution in [1.82, 2.24) is 15.0 Å². The van der Waals surface area contributed by atoms with Crippen molar-refractivity contribution >= 4 is 22.4 Å². The van der Waals surface area contributed by atoms with E-state index < -0.39 is 11.7 Å². The molecule has 5 nitrogen and oxygen atoms in total. The lowest BCUT2D eigenvalue weighted by Crippen LogP contribution is -2.29. The van der Waals surface area contributed by atoms with Gasteiger partial charge >= 0.3 is 6.18 Å². The van der Waals surface area contributed by atoms with Crippen LogP contribution in [-0.4, -0.2) is 34.1 Å². The lowest BCUT2D eigenvalue weighted by Gasteiger charge is -2.25. The lowest BCUT2D eigenvalue weighted by molar-refractivity contribution is -0.137. The van der Waals surface area contributed by atoms with E-state index >= 15 is 0 Å². The number of piperidine rings is 1. The third-order valence-corrected chi connectivity index (χ3v) is 7.42. The molecule has 9 heteroatoms. The van der Waals surface area contributed by atoms with Gasteiger partial charge in [0, 0.05) is 30.9 Å². The van der Waals surface area contributed by atoms with Crippen LogP contribution in [0.5, 0.6) is 0 Å². The van der Waals surface area contributed by atoms with Crippen LogP contribution in [0.2, 0.25) is 0 Å². The van der Waals surface area contributed by atoms with Gasteiger partial charge in [0.1, 0.15) is 0 Å². The predicted molar refractivity (Wildman–Crippen MR) is 126 cm³/mol. The molecule has 0 amide bonds. The molecule has 0 unspecified atom stereocenters. The Morgan fingerprint density at radius 2 is 1.76 bits per heavy atom. The number of thiazole rings is 1. The van der Waals surface area contributed by atoms with Crippen LogP contribution in [0.15, 0.2) is 36.5 Å². The molecule has 0 atom stereocenters. The van der Waals surface area contributed by atoms with E-state index in [2.05, 4.69) is 15.2 Å². The molecule has 1 aliphatic carbocycles. The summed E-state index contributed by atoms with van der Waals surface area (Å²) < 4.78 is 40.2.